The highest BCUT2D eigenvalue weighted by molar-refractivity contribution is 5.69. The Morgan fingerprint density at radius 3 is 2.46 bits per heavy atom. The lowest BCUT2D eigenvalue weighted by Crippen LogP contribution is -2.29. The average Bonchev–Trinajstić information content (AvgIpc) is 3.38. The molecule has 0 bridgehead atoms. The van der Waals surface area contributed by atoms with Crippen molar-refractivity contribution in [2.24, 2.45) is 17.8 Å². The highest BCUT2D eigenvalue weighted by atomic mass is 16.5. The standard InChI is InChI=1S/C18H25NO3.C2H6/c1-13(20)22-17-4-2-14(3-5-17)11-21-12-16-10-18(16)15-6-8-19-9-7-15;1-2/h2-5,15-16,18-19H,6-12H2,1H3;1-2H3. The summed E-state index contributed by atoms with van der Waals surface area (Å²) in [5.41, 5.74) is 1.12. The van der Waals surface area contributed by atoms with Gasteiger partial charge in [-0.1, -0.05) is 26.0 Å². The van der Waals surface area contributed by atoms with Crippen molar-refractivity contribution in [2.45, 2.75) is 46.6 Å². The smallest absolute Gasteiger partial charge is 0.308 e. The van der Waals surface area contributed by atoms with Crippen molar-refractivity contribution in [2.75, 3.05) is 19.7 Å². The third-order valence-corrected chi connectivity index (χ3v) is 4.75. The van der Waals surface area contributed by atoms with Gasteiger partial charge in [0.05, 0.1) is 13.2 Å². The van der Waals surface area contributed by atoms with Gasteiger partial charge in [0.15, 0.2) is 0 Å². The molecule has 4 heteroatoms. The molecule has 3 rings (SSSR count). The maximum Gasteiger partial charge on any atom is 0.308 e. The fourth-order valence-corrected chi connectivity index (χ4v) is 3.46. The third-order valence-electron chi connectivity index (χ3n) is 4.75. The second-order valence-electron chi connectivity index (χ2n) is 6.50. The molecule has 1 aromatic carbocycles. The fourth-order valence-electron chi connectivity index (χ4n) is 3.46. The van der Waals surface area contributed by atoms with Gasteiger partial charge in [0, 0.05) is 6.92 Å². The molecule has 2 unspecified atom stereocenters. The van der Waals surface area contributed by atoms with Crippen molar-refractivity contribution in [1.29, 1.82) is 0 Å². The van der Waals surface area contributed by atoms with Crippen LogP contribution in [-0.2, 0) is 16.1 Å². The van der Waals surface area contributed by atoms with Gasteiger partial charge in [0.2, 0.25) is 0 Å². The maximum absolute atomic E-state index is 10.9. The van der Waals surface area contributed by atoms with E-state index in [1.54, 1.807) is 0 Å². The van der Waals surface area contributed by atoms with Gasteiger partial charge >= 0.3 is 5.97 Å². The molecule has 134 valence electrons. The van der Waals surface area contributed by atoms with Gasteiger partial charge in [0.1, 0.15) is 5.75 Å². The van der Waals surface area contributed by atoms with Gasteiger partial charge in [0.25, 0.3) is 0 Å². The summed E-state index contributed by atoms with van der Waals surface area (Å²) in [7, 11) is 0. The van der Waals surface area contributed by atoms with Gasteiger partial charge in [-0.2, -0.15) is 0 Å². The number of carbonyl (C=O) groups excluding carboxylic acids is 1. The molecule has 0 radical (unpaired) electrons. The first-order valence-corrected chi connectivity index (χ1v) is 9.28. The Kier molecular flexibility index (Phi) is 7.73. The molecule has 1 saturated heterocycles. The Morgan fingerprint density at radius 2 is 1.83 bits per heavy atom. The second kappa shape index (κ2) is 9.80. The third kappa shape index (κ3) is 5.91. The van der Waals surface area contributed by atoms with Gasteiger partial charge < -0.3 is 14.8 Å². The highest BCUT2D eigenvalue weighted by Gasteiger charge is 2.42. The number of ether oxygens (including phenoxy) is 2. The molecule has 2 atom stereocenters. The van der Waals surface area contributed by atoms with E-state index in [0.29, 0.717) is 12.4 Å². The van der Waals surface area contributed by atoms with Crippen LogP contribution in [0.25, 0.3) is 0 Å². The molecule has 1 aliphatic heterocycles. The van der Waals surface area contributed by atoms with Crippen LogP contribution in [-0.4, -0.2) is 25.7 Å². The lowest BCUT2D eigenvalue weighted by atomic mass is 9.92. The first kappa shape index (κ1) is 18.9. The fraction of sp³-hybridized carbons (Fsp3) is 0.650. The number of piperidine rings is 1. The molecule has 2 fully saturated rings. The zero-order valence-electron chi connectivity index (χ0n) is 15.2. The Bertz CT molecular complexity index is 494. The summed E-state index contributed by atoms with van der Waals surface area (Å²) in [6.07, 6.45) is 4.01. The van der Waals surface area contributed by atoms with Crippen molar-refractivity contribution >= 4 is 5.97 Å². The first-order chi connectivity index (χ1) is 11.7. The van der Waals surface area contributed by atoms with Crippen LogP contribution in [0.1, 0.15) is 45.6 Å². The normalized spacial score (nSPS) is 23.1. The van der Waals surface area contributed by atoms with E-state index in [2.05, 4.69) is 5.32 Å². The lowest BCUT2D eigenvalue weighted by Gasteiger charge is -2.22. The van der Waals surface area contributed by atoms with Crippen molar-refractivity contribution < 1.29 is 14.3 Å². The van der Waals surface area contributed by atoms with Gasteiger partial charge in [-0.05, 0) is 67.8 Å². The van der Waals surface area contributed by atoms with Crippen molar-refractivity contribution in [3.8, 4) is 5.75 Å². The summed E-state index contributed by atoms with van der Waals surface area (Å²) in [6.45, 7) is 9.29. The molecule has 4 nitrogen and oxygen atoms in total. The molecule has 2 aliphatic rings. The topological polar surface area (TPSA) is 47.6 Å². The highest BCUT2D eigenvalue weighted by Crippen LogP contribution is 2.47. The minimum Gasteiger partial charge on any atom is -0.427 e. The molecule has 24 heavy (non-hydrogen) atoms. The van der Waals surface area contributed by atoms with Crippen LogP contribution in [0, 0.1) is 17.8 Å². The number of rotatable bonds is 6. The summed E-state index contributed by atoms with van der Waals surface area (Å²) in [5, 5.41) is 3.43. The molecule has 1 N–H and O–H groups in total. The number of benzene rings is 1. The van der Waals surface area contributed by atoms with Crippen LogP contribution < -0.4 is 10.1 Å². The predicted octanol–water partition coefficient (Wildman–Crippen LogP) is 3.79. The predicted molar refractivity (Wildman–Crippen MR) is 95.9 cm³/mol. The molecule has 0 amide bonds. The molecular formula is C20H31NO3. The monoisotopic (exact) mass is 333 g/mol. The number of hydrogen-bond acceptors (Lipinski definition) is 4. The Hall–Kier alpha value is -1.39. The van der Waals surface area contributed by atoms with Crippen LogP contribution in [0.2, 0.25) is 0 Å². The minimum atomic E-state index is -0.290. The van der Waals surface area contributed by atoms with E-state index < -0.39 is 0 Å². The van der Waals surface area contributed by atoms with Crippen molar-refractivity contribution in [3.05, 3.63) is 29.8 Å². The van der Waals surface area contributed by atoms with E-state index in [-0.39, 0.29) is 5.97 Å². The van der Waals surface area contributed by atoms with E-state index in [1.807, 2.05) is 38.1 Å². The summed E-state index contributed by atoms with van der Waals surface area (Å²) < 4.78 is 10.9. The van der Waals surface area contributed by atoms with Crippen LogP contribution >= 0.6 is 0 Å². The number of carbonyl (C=O) groups is 1. The molecular weight excluding hydrogens is 302 g/mol. The largest absolute Gasteiger partial charge is 0.427 e. The second-order valence-corrected chi connectivity index (χ2v) is 6.50. The van der Waals surface area contributed by atoms with E-state index in [1.165, 1.54) is 39.3 Å². The zero-order valence-corrected chi connectivity index (χ0v) is 15.2. The summed E-state index contributed by atoms with van der Waals surface area (Å²) in [5.74, 6) is 2.88. The quantitative estimate of drug-likeness (QED) is 0.635. The number of esters is 1. The molecule has 0 spiro atoms. The Balaban J connectivity index is 0.00000100. The van der Waals surface area contributed by atoms with E-state index in [0.717, 1.165) is 29.9 Å². The SMILES string of the molecule is CC.CC(=O)Oc1ccc(COCC2CC2C2CCNCC2)cc1. The van der Waals surface area contributed by atoms with E-state index >= 15 is 0 Å². The lowest BCUT2D eigenvalue weighted by molar-refractivity contribution is -0.131. The molecule has 1 aliphatic carbocycles. The maximum atomic E-state index is 10.9. The minimum absolute atomic E-state index is 0.290. The number of nitrogens with one attached hydrogen (secondary N) is 1. The number of hydrogen-bond donors (Lipinski definition) is 1. The van der Waals surface area contributed by atoms with Crippen LogP contribution in [0.3, 0.4) is 0 Å². The Labute approximate surface area is 145 Å². The van der Waals surface area contributed by atoms with E-state index in [9.17, 15) is 4.79 Å². The Morgan fingerprint density at radius 1 is 1.17 bits per heavy atom. The molecule has 1 aromatic rings. The average molecular weight is 333 g/mol. The van der Waals surface area contributed by atoms with Crippen molar-refractivity contribution in [3.63, 3.8) is 0 Å². The summed E-state index contributed by atoms with van der Waals surface area (Å²) in [6, 6.07) is 7.54. The van der Waals surface area contributed by atoms with Gasteiger partial charge in [-0.25, -0.2) is 0 Å². The van der Waals surface area contributed by atoms with Crippen LogP contribution in [0.5, 0.6) is 5.75 Å². The van der Waals surface area contributed by atoms with Gasteiger partial charge in [-0.15, -0.1) is 0 Å². The summed E-state index contributed by atoms with van der Waals surface area (Å²) >= 11 is 0. The van der Waals surface area contributed by atoms with Crippen LogP contribution in [0.15, 0.2) is 24.3 Å². The van der Waals surface area contributed by atoms with Gasteiger partial charge in [-0.3, -0.25) is 4.79 Å². The summed E-state index contributed by atoms with van der Waals surface area (Å²) in [4.78, 5) is 10.9. The van der Waals surface area contributed by atoms with E-state index in [4.69, 9.17) is 9.47 Å². The van der Waals surface area contributed by atoms with Crippen molar-refractivity contribution in [1.82, 2.24) is 5.32 Å². The zero-order chi connectivity index (χ0) is 17.4. The molecule has 1 heterocycles. The van der Waals surface area contributed by atoms with Crippen LogP contribution in [0.4, 0.5) is 0 Å². The molecule has 1 saturated carbocycles. The molecule has 0 aromatic heterocycles. The first-order valence-electron chi connectivity index (χ1n) is 9.28.